The van der Waals surface area contributed by atoms with E-state index in [0.29, 0.717) is 12.0 Å². The Kier molecular flexibility index (Phi) is 3.19. The van der Waals surface area contributed by atoms with Crippen molar-refractivity contribution in [2.45, 2.75) is 6.42 Å². The molecule has 18 heavy (non-hydrogen) atoms. The van der Waals surface area contributed by atoms with E-state index in [1.807, 2.05) is 30.3 Å². The van der Waals surface area contributed by atoms with Gasteiger partial charge in [0.2, 0.25) is 0 Å². The summed E-state index contributed by atoms with van der Waals surface area (Å²) in [5.74, 6) is -0.915. The Hall–Kier alpha value is -2.49. The second-order valence-electron chi connectivity index (χ2n) is 4.06. The lowest BCUT2D eigenvalue weighted by Crippen LogP contribution is -2.15. The highest BCUT2D eigenvalue weighted by Gasteiger charge is 2.16. The molecule has 0 spiro atoms. The first-order valence-corrected chi connectivity index (χ1v) is 5.53. The zero-order valence-corrected chi connectivity index (χ0v) is 9.76. The third-order valence-electron chi connectivity index (χ3n) is 2.78. The minimum absolute atomic E-state index is 0.0962. The molecule has 0 aromatic heterocycles. The van der Waals surface area contributed by atoms with Crippen LogP contribution in [0, 0.1) is 0 Å². The average molecular weight is 242 g/mol. The van der Waals surface area contributed by atoms with Crippen molar-refractivity contribution in [1.82, 2.24) is 0 Å². The van der Waals surface area contributed by atoms with Crippen LogP contribution in [0.5, 0.6) is 5.75 Å². The van der Waals surface area contributed by atoms with Crippen LogP contribution in [0.15, 0.2) is 42.5 Å². The zero-order chi connectivity index (χ0) is 13.1. The van der Waals surface area contributed by atoms with Crippen LogP contribution in [-0.2, 0) is 6.42 Å². The van der Waals surface area contributed by atoms with Gasteiger partial charge in [0, 0.05) is 0 Å². The maximum absolute atomic E-state index is 11.4. The van der Waals surface area contributed by atoms with Gasteiger partial charge in [-0.3, -0.25) is 4.79 Å². The smallest absolute Gasteiger partial charge is 0.252 e. The maximum Gasteiger partial charge on any atom is 0.252 e. The fourth-order valence-electron chi connectivity index (χ4n) is 1.89. The number of carbonyl (C=O) groups excluding carboxylic acids is 1. The number of nitrogens with two attached hydrogens (primary N) is 2. The van der Waals surface area contributed by atoms with Crippen LogP contribution in [0.1, 0.15) is 21.5 Å². The SMILES string of the molecule is NC(=O)c1c(Cc2ccccc2)ccc(N)c1O. The van der Waals surface area contributed by atoms with Gasteiger partial charge >= 0.3 is 0 Å². The van der Waals surface area contributed by atoms with Crippen LogP contribution in [0.4, 0.5) is 5.69 Å². The van der Waals surface area contributed by atoms with E-state index in [-0.39, 0.29) is 17.0 Å². The highest BCUT2D eigenvalue weighted by atomic mass is 16.3. The maximum atomic E-state index is 11.4. The van der Waals surface area contributed by atoms with Gasteiger partial charge in [0.15, 0.2) is 5.75 Å². The molecule has 92 valence electrons. The average Bonchev–Trinajstić information content (AvgIpc) is 2.35. The van der Waals surface area contributed by atoms with Gasteiger partial charge < -0.3 is 16.6 Å². The fourth-order valence-corrected chi connectivity index (χ4v) is 1.89. The number of carbonyl (C=O) groups is 1. The summed E-state index contributed by atoms with van der Waals surface area (Å²) in [5.41, 5.74) is 12.8. The Balaban J connectivity index is 2.45. The topological polar surface area (TPSA) is 89.3 Å². The number of amides is 1. The van der Waals surface area contributed by atoms with Gasteiger partial charge in [0.1, 0.15) is 0 Å². The molecule has 0 saturated carbocycles. The van der Waals surface area contributed by atoms with Crippen LogP contribution in [0.3, 0.4) is 0 Å². The Bertz CT molecular complexity index is 580. The number of hydrogen-bond donors (Lipinski definition) is 3. The molecule has 4 nitrogen and oxygen atoms in total. The summed E-state index contributed by atoms with van der Waals surface area (Å²) in [6.07, 6.45) is 0.521. The molecular formula is C14H14N2O2. The molecule has 0 aliphatic rings. The third-order valence-corrected chi connectivity index (χ3v) is 2.78. The van der Waals surface area contributed by atoms with Crippen LogP contribution in [-0.4, -0.2) is 11.0 Å². The van der Waals surface area contributed by atoms with Gasteiger partial charge in [-0.15, -0.1) is 0 Å². The van der Waals surface area contributed by atoms with E-state index >= 15 is 0 Å². The van der Waals surface area contributed by atoms with Crippen molar-refractivity contribution in [2.75, 3.05) is 5.73 Å². The number of benzene rings is 2. The Morgan fingerprint density at radius 2 is 1.78 bits per heavy atom. The lowest BCUT2D eigenvalue weighted by Gasteiger charge is -2.10. The Labute approximate surface area is 105 Å². The number of aromatic hydroxyl groups is 1. The predicted molar refractivity (Wildman–Crippen MR) is 70.3 cm³/mol. The molecule has 4 heteroatoms. The van der Waals surface area contributed by atoms with E-state index in [0.717, 1.165) is 5.56 Å². The Morgan fingerprint density at radius 3 is 2.39 bits per heavy atom. The summed E-state index contributed by atoms with van der Waals surface area (Å²) >= 11 is 0. The summed E-state index contributed by atoms with van der Waals surface area (Å²) < 4.78 is 0. The zero-order valence-electron chi connectivity index (χ0n) is 9.76. The van der Waals surface area contributed by atoms with Crippen molar-refractivity contribution in [3.8, 4) is 5.75 Å². The van der Waals surface area contributed by atoms with Crippen molar-refractivity contribution in [3.63, 3.8) is 0 Å². The summed E-state index contributed by atoms with van der Waals surface area (Å²) in [4.78, 5) is 11.4. The summed E-state index contributed by atoms with van der Waals surface area (Å²) in [6.45, 7) is 0. The van der Waals surface area contributed by atoms with Gasteiger partial charge in [-0.2, -0.15) is 0 Å². The highest BCUT2D eigenvalue weighted by Crippen LogP contribution is 2.29. The molecular weight excluding hydrogens is 228 g/mol. The molecule has 0 radical (unpaired) electrons. The number of anilines is 1. The molecule has 0 unspecified atom stereocenters. The highest BCUT2D eigenvalue weighted by molar-refractivity contribution is 5.99. The molecule has 2 rings (SSSR count). The van der Waals surface area contributed by atoms with Crippen molar-refractivity contribution in [3.05, 3.63) is 59.2 Å². The number of hydrogen-bond acceptors (Lipinski definition) is 3. The van der Waals surface area contributed by atoms with E-state index in [2.05, 4.69) is 0 Å². The molecule has 0 aliphatic carbocycles. The molecule has 5 N–H and O–H groups in total. The summed E-state index contributed by atoms with van der Waals surface area (Å²) in [6, 6.07) is 12.9. The first kappa shape index (κ1) is 12.0. The number of nitrogen functional groups attached to an aromatic ring is 1. The van der Waals surface area contributed by atoms with Crippen molar-refractivity contribution in [2.24, 2.45) is 5.73 Å². The fraction of sp³-hybridized carbons (Fsp3) is 0.0714. The molecule has 0 fully saturated rings. The van der Waals surface area contributed by atoms with Crippen LogP contribution in [0.25, 0.3) is 0 Å². The van der Waals surface area contributed by atoms with Gasteiger partial charge in [0.25, 0.3) is 5.91 Å². The summed E-state index contributed by atoms with van der Waals surface area (Å²) in [7, 11) is 0. The monoisotopic (exact) mass is 242 g/mol. The van der Waals surface area contributed by atoms with Crippen LogP contribution >= 0.6 is 0 Å². The van der Waals surface area contributed by atoms with Gasteiger partial charge in [0.05, 0.1) is 11.3 Å². The lowest BCUT2D eigenvalue weighted by atomic mass is 9.98. The largest absolute Gasteiger partial charge is 0.505 e. The van der Waals surface area contributed by atoms with E-state index < -0.39 is 5.91 Å². The molecule has 2 aromatic carbocycles. The normalized spacial score (nSPS) is 10.2. The quantitative estimate of drug-likeness (QED) is 0.565. The number of primary amides is 1. The molecule has 1 amide bonds. The van der Waals surface area contributed by atoms with E-state index in [1.54, 1.807) is 12.1 Å². The molecule has 0 aliphatic heterocycles. The first-order valence-electron chi connectivity index (χ1n) is 5.53. The van der Waals surface area contributed by atoms with Crippen LogP contribution in [0.2, 0.25) is 0 Å². The standard InChI is InChI=1S/C14H14N2O2/c15-11-7-6-10(12(13(11)17)14(16)18)8-9-4-2-1-3-5-9/h1-7,17H,8,15H2,(H2,16,18). The first-order chi connectivity index (χ1) is 8.59. The van der Waals surface area contributed by atoms with Crippen molar-refractivity contribution >= 4 is 11.6 Å². The van der Waals surface area contributed by atoms with Gasteiger partial charge in [-0.1, -0.05) is 36.4 Å². The Morgan fingerprint density at radius 1 is 1.11 bits per heavy atom. The predicted octanol–water partition coefficient (Wildman–Crippen LogP) is 1.66. The summed E-state index contributed by atoms with van der Waals surface area (Å²) in [5, 5.41) is 9.80. The minimum atomic E-state index is -0.675. The van der Waals surface area contributed by atoms with Crippen LogP contribution < -0.4 is 11.5 Å². The third kappa shape index (κ3) is 2.27. The van der Waals surface area contributed by atoms with E-state index in [1.165, 1.54) is 0 Å². The van der Waals surface area contributed by atoms with Crippen molar-refractivity contribution in [1.29, 1.82) is 0 Å². The second-order valence-corrected chi connectivity index (χ2v) is 4.06. The molecule has 0 atom stereocenters. The molecule has 0 heterocycles. The van der Waals surface area contributed by atoms with Crippen molar-refractivity contribution < 1.29 is 9.90 Å². The second kappa shape index (κ2) is 4.79. The minimum Gasteiger partial charge on any atom is -0.505 e. The van der Waals surface area contributed by atoms with Gasteiger partial charge in [-0.25, -0.2) is 0 Å². The molecule has 0 saturated heterocycles. The lowest BCUT2D eigenvalue weighted by molar-refractivity contribution is 0.0997. The van der Waals surface area contributed by atoms with E-state index in [4.69, 9.17) is 11.5 Å². The van der Waals surface area contributed by atoms with E-state index in [9.17, 15) is 9.90 Å². The van der Waals surface area contributed by atoms with Gasteiger partial charge in [-0.05, 0) is 23.6 Å². The molecule has 0 bridgehead atoms. The number of rotatable bonds is 3. The number of phenols is 1. The molecule has 2 aromatic rings.